The van der Waals surface area contributed by atoms with Crippen molar-refractivity contribution >= 4 is 11.8 Å². The number of carbonyl (C=O) groups is 2. The lowest BCUT2D eigenvalue weighted by molar-refractivity contribution is -0.137. The van der Waals surface area contributed by atoms with Gasteiger partial charge in [0.15, 0.2) is 6.10 Å². The number of hydrogen-bond donors (Lipinski definition) is 3. The van der Waals surface area contributed by atoms with Crippen LogP contribution in [0.1, 0.15) is 23.7 Å². The first-order valence-electron chi connectivity index (χ1n) is 10.9. The first-order chi connectivity index (χ1) is 17.7. The fraction of sp³-hybridized carbons (Fsp3) is 0.208. The van der Waals surface area contributed by atoms with E-state index in [9.17, 15) is 27.9 Å². The van der Waals surface area contributed by atoms with Gasteiger partial charge in [-0.25, -0.2) is 0 Å². The fourth-order valence-corrected chi connectivity index (χ4v) is 3.41. The number of nitrogens with zero attached hydrogens (tertiary/aromatic N) is 3. The molecule has 2 heterocycles. The maximum Gasteiger partial charge on any atom is 0.422 e. The number of amides is 2. The van der Waals surface area contributed by atoms with Crippen LogP contribution < -0.4 is 10.6 Å². The average Bonchev–Trinajstić information content (AvgIpc) is 3.56. The molecule has 0 spiro atoms. The van der Waals surface area contributed by atoms with E-state index in [1.165, 1.54) is 43.4 Å². The molecule has 10 nitrogen and oxygen atoms in total. The summed E-state index contributed by atoms with van der Waals surface area (Å²) >= 11 is 0. The van der Waals surface area contributed by atoms with Gasteiger partial charge in [-0.15, -0.1) is 0 Å². The number of rotatable bonds is 8. The van der Waals surface area contributed by atoms with Crippen molar-refractivity contribution in [2.45, 2.75) is 18.7 Å². The van der Waals surface area contributed by atoms with E-state index in [1.54, 1.807) is 18.2 Å². The Balaban J connectivity index is 1.53. The lowest BCUT2D eigenvalue weighted by Crippen LogP contribution is -2.32. The summed E-state index contributed by atoms with van der Waals surface area (Å²) < 4.78 is 51.7. The van der Waals surface area contributed by atoms with Crippen LogP contribution in [0.3, 0.4) is 0 Å². The number of benzene rings is 2. The maximum atomic E-state index is 13.9. The smallest absolute Gasteiger partial charge is 0.378 e. The van der Waals surface area contributed by atoms with Gasteiger partial charge in [-0.3, -0.25) is 9.59 Å². The van der Waals surface area contributed by atoms with E-state index in [0.717, 1.165) is 0 Å². The molecule has 3 N–H and O–H groups in total. The minimum absolute atomic E-state index is 0.0446. The molecule has 0 fully saturated rings. The SMILES string of the molecule is CNC(=O)CCNC(=O)[C@H](O)c1ccc(-c2noc(-c3onc(-c4ccccc4)c3C(F)(F)F)n2)cc1. The molecule has 4 aromatic rings. The van der Waals surface area contributed by atoms with Crippen molar-refractivity contribution in [2.24, 2.45) is 0 Å². The van der Waals surface area contributed by atoms with E-state index in [4.69, 9.17) is 9.05 Å². The number of aliphatic hydroxyl groups excluding tert-OH is 1. The van der Waals surface area contributed by atoms with Gasteiger partial charge >= 0.3 is 6.18 Å². The van der Waals surface area contributed by atoms with Crippen molar-refractivity contribution in [1.82, 2.24) is 25.9 Å². The largest absolute Gasteiger partial charge is 0.422 e. The average molecular weight is 515 g/mol. The number of hydrogen-bond acceptors (Lipinski definition) is 8. The number of carbonyl (C=O) groups excluding carboxylic acids is 2. The second-order valence-corrected chi connectivity index (χ2v) is 7.76. The maximum absolute atomic E-state index is 13.9. The Labute approximate surface area is 207 Å². The van der Waals surface area contributed by atoms with E-state index >= 15 is 0 Å². The van der Waals surface area contributed by atoms with Gasteiger partial charge in [0.2, 0.25) is 17.5 Å². The molecule has 0 bridgehead atoms. The molecule has 2 amide bonds. The Kier molecular flexibility index (Phi) is 7.34. The summed E-state index contributed by atoms with van der Waals surface area (Å²) in [5, 5.41) is 22.4. The van der Waals surface area contributed by atoms with Crippen LogP contribution in [0.2, 0.25) is 0 Å². The molecular weight excluding hydrogens is 495 g/mol. The van der Waals surface area contributed by atoms with Crippen molar-refractivity contribution in [3.8, 4) is 34.3 Å². The predicted molar refractivity (Wildman–Crippen MR) is 122 cm³/mol. The van der Waals surface area contributed by atoms with Gasteiger partial charge in [0, 0.05) is 31.1 Å². The zero-order valence-electron chi connectivity index (χ0n) is 19.2. The zero-order valence-corrected chi connectivity index (χ0v) is 19.2. The molecule has 13 heteroatoms. The summed E-state index contributed by atoms with van der Waals surface area (Å²) in [6.07, 6.45) is -6.25. The Morgan fingerprint density at radius 3 is 2.35 bits per heavy atom. The summed E-state index contributed by atoms with van der Waals surface area (Å²) in [7, 11) is 1.47. The van der Waals surface area contributed by atoms with Crippen LogP contribution in [-0.2, 0) is 15.8 Å². The first-order valence-corrected chi connectivity index (χ1v) is 10.9. The lowest BCUT2D eigenvalue weighted by atomic mass is 10.1. The van der Waals surface area contributed by atoms with Gasteiger partial charge in [-0.2, -0.15) is 18.2 Å². The van der Waals surface area contributed by atoms with E-state index in [0.29, 0.717) is 5.56 Å². The second-order valence-electron chi connectivity index (χ2n) is 7.76. The van der Waals surface area contributed by atoms with Crippen LogP contribution in [0.5, 0.6) is 0 Å². The number of aromatic nitrogens is 3. The third kappa shape index (κ3) is 5.67. The summed E-state index contributed by atoms with van der Waals surface area (Å²) in [5.74, 6) is -2.24. The van der Waals surface area contributed by atoms with E-state index in [-0.39, 0.29) is 35.8 Å². The Morgan fingerprint density at radius 2 is 1.70 bits per heavy atom. The van der Waals surface area contributed by atoms with E-state index in [2.05, 4.69) is 25.9 Å². The van der Waals surface area contributed by atoms with Crippen molar-refractivity contribution in [3.63, 3.8) is 0 Å². The number of alkyl halides is 3. The predicted octanol–water partition coefficient (Wildman–Crippen LogP) is 3.36. The Morgan fingerprint density at radius 1 is 1.00 bits per heavy atom. The van der Waals surface area contributed by atoms with Crippen LogP contribution in [0.15, 0.2) is 63.6 Å². The van der Waals surface area contributed by atoms with Crippen molar-refractivity contribution < 1.29 is 36.9 Å². The van der Waals surface area contributed by atoms with Gasteiger partial charge in [0.25, 0.3) is 11.8 Å². The normalized spacial score (nSPS) is 12.2. The second kappa shape index (κ2) is 10.6. The molecule has 0 aliphatic rings. The quantitative estimate of drug-likeness (QED) is 0.324. The monoisotopic (exact) mass is 515 g/mol. The van der Waals surface area contributed by atoms with E-state index in [1.807, 2.05) is 0 Å². The first kappa shape index (κ1) is 25.6. The number of nitrogens with one attached hydrogen (secondary N) is 2. The molecule has 2 aromatic carbocycles. The summed E-state index contributed by atoms with van der Waals surface area (Å²) in [4.78, 5) is 27.3. The van der Waals surface area contributed by atoms with Crippen molar-refractivity contribution in [3.05, 3.63) is 65.7 Å². The molecule has 0 radical (unpaired) electrons. The Hall–Kier alpha value is -4.52. The highest BCUT2D eigenvalue weighted by Gasteiger charge is 2.43. The van der Waals surface area contributed by atoms with Gasteiger partial charge in [0.1, 0.15) is 11.3 Å². The molecule has 0 unspecified atom stereocenters. The molecule has 37 heavy (non-hydrogen) atoms. The minimum atomic E-state index is -4.81. The number of halogens is 3. The highest BCUT2D eigenvalue weighted by atomic mass is 19.4. The molecule has 0 aliphatic carbocycles. The van der Waals surface area contributed by atoms with Crippen molar-refractivity contribution in [2.75, 3.05) is 13.6 Å². The van der Waals surface area contributed by atoms with Crippen LogP contribution in [0.25, 0.3) is 34.3 Å². The standard InChI is InChI=1S/C24H20F3N5O5/c1-28-16(33)11-12-29-22(35)19(34)14-7-9-15(10-8-14)21-30-23(37-32-21)20-17(24(25,26)27)18(31-36-20)13-5-3-2-4-6-13/h2-10,19,34H,11-12H2,1H3,(H,28,33)(H,29,35)/t19-/m1/s1. The van der Waals surface area contributed by atoms with Crippen LogP contribution >= 0.6 is 0 Å². The lowest BCUT2D eigenvalue weighted by Gasteiger charge is -2.11. The molecule has 4 rings (SSSR count). The molecule has 1 atom stereocenters. The summed E-state index contributed by atoms with van der Waals surface area (Å²) in [6.45, 7) is 0.0484. The van der Waals surface area contributed by atoms with E-state index < -0.39 is 41.1 Å². The van der Waals surface area contributed by atoms with Crippen LogP contribution in [0, 0.1) is 0 Å². The Bertz CT molecular complexity index is 1380. The molecule has 192 valence electrons. The molecule has 0 aliphatic heterocycles. The van der Waals surface area contributed by atoms with Gasteiger partial charge in [-0.1, -0.05) is 64.9 Å². The summed E-state index contributed by atoms with van der Waals surface area (Å²) in [6, 6.07) is 13.5. The highest BCUT2D eigenvalue weighted by Crippen LogP contribution is 2.43. The van der Waals surface area contributed by atoms with Gasteiger partial charge in [-0.05, 0) is 5.56 Å². The van der Waals surface area contributed by atoms with Gasteiger partial charge in [0.05, 0.1) is 0 Å². The third-order valence-electron chi connectivity index (χ3n) is 5.31. The molecule has 0 saturated carbocycles. The van der Waals surface area contributed by atoms with Crippen LogP contribution in [-0.4, -0.2) is 45.8 Å². The highest BCUT2D eigenvalue weighted by molar-refractivity contribution is 5.83. The zero-order chi connectivity index (χ0) is 26.6. The third-order valence-corrected chi connectivity index (χ3v) is 5.31. The minimum Gasteiger partial charge on any atom is -0.378 e. The molecule has 2 aromatic heterocycles. The molecular formula is C24H20F3N5O5. The van der Waals surface area contributed by atoms with Crippen LogP contribution in [0.4, 0.5) is 13.2 Å². The summed E-state index contributed by atoms with van der Waals surface area (Å²) in [5.41, 5.74) is -0.754. The topological polar surface area (TPSA) is 143 Å². The van der Waals surface area contributed by atoms with Crippen molar-refractivity contribution in [1.29, 1.82) is 0 Å². The fourth-order valence-electron chi connectivity index (χ4n) is 3.41. The molecule has 0 saturated heterocycles. The number of aliphatic hydroxyl groups is 1. The van der Waals surface area contributed by atoms with Gasteiger partial charge < -0.3 is 24.8 Å².